The number of rotatable bonds is 8. The van der Waals surface area contributed by atoms with Crippen molar-refractivity contribution in [2.24, 2.45) is 5.92 Å². The molecule has 1 aliphatic carbocycles. The van der Waals surface area contributed by atoms with Crippen LogP contribution in [0.5, 0.6) is 0 Å². The van der Waals surface area contributed by atoms with E-state index in [1.165, 1.54) is 24.0 Å². The standard InChI is InChI=1S/C21H31NO2/c1-2-20(19-12-14-24-15-13-19)22-21(23)5-3-4-16-6-8-17(9-7-16)18-10-11-18/h6-9,18-20H,2-5,10-15H2,1H3,(H,22,23). The van der Waals surface area contributed by atoms with Gasteiger partial charge in [0.05, 0.1) is 0 Å². The zero-order valence-electron chi connectivity index (χ0n) is 14.9. The van der Waals surface area contributed by atoms with Crippen LogP contribution in [0.2, 0.25) is 0 Å². The normalized spacial score (nSPS) is 19.9. The molecule has 1 saturated carbocycles. The minimum atomic E-state index is 0.211. The van der Waals surface area contributed by atoms with Gasteiger partial charge in [0.15, 0.2) is 0 Å². The third kappa shape index (κ3) is 5.07. The summed E-state index contributed by atoms with van der Waals surface area (Å²) >= 11 is 0. The summed E-state index contributed by atoms with van der Waals surface area (Å²) in [6.07, 6.45) is 8.42. The SMILES string of the molecule is CCC(NC(=O)CCCc1ccc(C2CC2)cc1)C1CCOCC1. The average molecular weight is 329 g/mol. The van der Waals surface area contributed by atoms with E-state index in [9.17, 15) is 4.79 Å². The lowest BCUT2D eigenvalue weighted by molar-refractivity contribution is -0.122. The van der Waals surface area contributed by atoms with Crippen molar-refractivity contribution in [3.8, 4) is 0 Å². The van der Waals surface area contributed by atoms with Crippen LogP contribution in [0.25, 0.3) is 0 Å². The Hall–Kier alpha value is -1.35. The molecule has 1 saturated heterocycles. The Morgan fingerprint density at radius 1 is 1.17 bits per heavy atom. The van der Waals surface area contributed by atoms with Crippen molar-refractivity contribution in [1.82, 2.24) is 5.32 Å². The minimum absolute atomic E-state index is 0.211. The number of amides is 1. The number of benzene rings is 1. The topological polar surface area (TPSA) is 38.3 Å². The summed E-state index contributed by atoms with van der Waals surface area (Å²) in [5.74, 6) is 1.62. The van der Waals surface area contributed by atoms with Crippen LogP contribution < -0.4 is 5.32 Å². The van der Waals surface area contributed by atoms with Crippen molar-refractivity contribution >= 4 is 5.91 Å². The lowest BCUT2D eigenvalue weighted by atomic mass is 9.90. The maximum absolute atomic E-state index is 12.3. The van der Waals surface area contributed by atoms with Crippen molar-refractivity contribution in [2.75, 3.05) is 13.2 Å². The number of carbonyl (C=O) groups excluding carboxylic acids is 1. The first-order valence-electron chi connectivity index (χ1n) is 9.72. The number of carbonyl (C=O) groups is 1. The fourth-order valence-electron chi connectivity index (χ4n) is 3.78. The summed E-state index contributed by atoms with van der Waals surface area (Å²) in [7, 11) is 0. The molecule has 2 aliphatic rings. The zero-order valence-corrected chi connectivity index (χ0v) is 14.9. The van der Waals surface area contributed by atoms with Gasteiger partial charge >= 0.3 is 0 Å². The van der Waals surface area contributed by atoms with E-state index < -0.39 is 0 Å². The molecule has 0 bridgehead atoms. The Morgan fingerprint density at radius 2 is 1.88 bits per heavy atom. The molecule has 0 radical (unpaired) electrons. The third-order valence-electron chi connectivity index (χ3n) is 5.52. The van der Waals surface area contributed by atoms with E-state index in [0.717, 1.165) is 51.2 Å². The molecular formula is C21H31NO2. The van der Waals surface area contributed by atoms with E-state index in [2.05, 4.69) is 36.5 Å². The zero-order chi connectivity index (χ0) is 16.8. The molecule has 3 heteroatoms. The van der Waals surface area contributed by atoms with E-state index in [0.29, 0.717) is 18.4 Å². The average Bonchev–Trinajstić information content (AvgIpc) is 3.46. The van der Waals surface area contributed by atoms with Gasteiger partial charge in [-0.25, -0.2) is 0 Å². The summed E-state index contributed by atoms with van der Waals surface area (Å²) < 4.78 is 5.43. The monoisotopic (exact) mass is 329 g/mol. The van der Waals surface area contributed by atoms with Crippen LogP contribution in [0.15, 0.2) is 24.3 Å². The molecule has 1 unspecified atom stereocenters. The molecule has 1 aromatic carbocycles. The van der Waals surface area contributed by atoms with E-state index in [1.54, 1.807) is 0 Å². The number of aryl methyl sites for hydroxylation is 1. The predicted octanol–water partition coefficient (Wildman–Crippen LogP) is 4.21. The molecule has 0 aromatic heterocycles. The van der Waals surface area contributed by atoms with Crippen LogP contribution in [0.3, 0.4) is 0 Å². The Bertz CT molecular complexity index is 515. The first kappa shape index (κ1) is 17.5. The Kier molecular flexibility index (Phi) is 6.30. The third-order valence-corrected chi connectivity index (χ3v) is 5.52. The number of hydrogen-bond acceptors (Lipinski definition) is 2. The van der Waals surface area contributed by atoms with E-state index >= 15 is 0 Å². The van der Waals surface area contributed by atoms with Crippen molar-refractivity contribution in [1.29, 1.82) is 0 Å². The number of ether oxygens (including phenoxy) is 1. The van der Waals surface area contributed by atoms with Crippen molar-refractivity contribution in [2.45, 2.75) is 70.3 Å². The smallest absolute Gasteiger partial charge is 0.220 e. The van der Waals surface area contributed by atoms with Gasteiger partial charge in [0.1, 0.15) is 0 Å². The second-order valence-corrected chi connectivity index (χ2v) is 7.40. The first-order chi connectivity index (χ1) is 11.8. The molecule has 1 N–H and O–H groups in total. The van der Waals surface area contributed by atoms with Crippen LogP contribution in [0.4, 0.5) is 0 Å². The van der Waals surface area contributed by atoms with Gasteiger partial charge in [-0.1, -0.05) is 31.2 Å². The van der Waals surface area contributed by atoms with Crippen molar-refractivity contribution < 1.29 is 9.53 Å². The van der Waals surface area contributed by atoms with Gasteiger partial charge in [0, 0.05) is 25.7 Å². The molecule has 3 rings (SSSR count). The van der Waals surface area contributed by atoms with Crippen LogP contribution in [0.1, 0.15) is 68.9 Å². The largest absolute Gasteiger partial charge is 0.381 e. The molecule has 1 amide bonds. The fraction of sp³-hybridized carbons (Fsp3) is 0.667. The lowest BCUT2D eigenvalue weighted by Crippen LogP contribution is -2.41. The highest BCUT2D eigenvalue weighted by Gasteiger charge is 2.24. The molecular weight excluding hydrogens is 298 g/mol. The molecule has 1 atom stereocenters. The highest BCUT2D eigenvalue weighted by molar-refractivity contribution is 5.76. The molecule has 3 nitrogen and oxygen atoms in total. The fourth-order valence-corrected chi connectivity index (χ4v) is 3.78. The van der Waals surface area contributed by atoms with Crippen LogP contribution in [-0.4, -0.2) is 25.2 Å². The van der Waals surface area contributed by atoms with Gasteiger partial charge in [-0.3, -0.25) is 4.79 Å². The number of nitrogens with one attached hydrogen (secondary N) is 1. The highest BCUT2D eigenvalue weighted by atomic mass is 16.5. The van der Waals surface area contributed by atoms with Gasteiger partial charge in [-0.15, -0.1) is 0 Å². The van der Waals surface area contributed by atoms with Crippen LogP contribution >= 0.6 is 0 Å². The second-order valence-electron chi connectivity index (χ2n) is 7.40. The molecule has 1 heterocycles. The van der Waals surface area contributed by atoms with Gasteiger partial charge in [0.25, 0.3) is 0 Å². The van der Waals surface area contributed by atoms with Crippen LogP contribution in [-0.2, 0) is 16.0 Å². The molecule has 132 valence electrons. The summed E-state index contributed by atoms with van der Waals surface area (Å²) in [6.45, 7) is 3.85. The molecule has 24 heavy (non-hydrogen) atoms. The van der Waals surface area contributed by atoms with Gasteiger partial charge < -0.3 is 10.1 Å². The van der Waals surface area contributed by atoms with Crippen LogP contribution in [0, 0.1) is 5.92 Å². The summed E-state index contributed by atoms with van der Waals surface area (Å²) in [5, 5.41) is 3.26. The minimum Gasteiger partial charge on any atom is -0.381 e. The summed E-state index contributed by atoms with van der Waals surface area (Å²) in [6, 6.07) is 9.33. The highest BCUT2D eigenvalue weighted by Crippen LogP contribution is 2.39. The predicted molar refractivity (Wildman–Crippen MR) is 97.1 cm³/mol. The van der Waals surface area contributed by atoms with Gasteiger partial charge in [-0.2, -0.15) is 0 Å². The van der Waals surface area contributed by atoms with Crippen molar-refractivity contribution in [3.05, 3.63) is 35.4 Å². The maximum atomic E-state index is 12.3. The lowest BCUT2D eigenvalue weighted by Gasteiger charge is -2.30. The van der Waals surface area contributed by atoms with Crippen molar-refractivity contribution in [3.63, 3.8) is 0 Å². The molecule has 2 fully saturated rings. The first-order valence-corrected chi connectivity index (χ1v) is 9.72. The van der Waals surface area contributed by atoms with E-state index in [-0.39, 0.29) is 5.91 Å². The molecule has 0 spiro atoms. The Morgan fingerprint density at radius 3 is 2.50 bits per heavy atom. The molecule has 1 aliphatic heterocycles. The summed E-state index contributed by atoms with van der Waals surface area (Å²) in [5.41, 5.74) is 2.84. The quantitative estimate of drug-likeness (QED) is 0.776. The Balaban J connectivity index is 1.38. The Labute approximate surface area is 146 Å². The van der Waals surface area contributed by atoms with Gasteiger partial charge in [-0.05, 0) is 67.9 Å². The maximum Gasteiger partial charge on any atom is 0.220 e. The molecule has 1 aromatic rings. The van der Waals surface area contributed by atoms with E-state index in [1.807, 2.05) is 0 Å². The number of hydrogen-bond donors (Lipinski definition) is 1. The van der Waals surface area contributed by atoms with E-state index in [4.69, 9.17) is 4.74 Å². The summed E-state index contributed by atoms with van der Waals surface area (Å²) in [4.78, 5) is 12.3. The second kappa shape index (κ2) is 8.66. The van der Waals surface area contributed by atoms with Gasteiger partial charge in [0.2, 0.25) is 5.91 Å².